The Morgan fingerprint density at radius 3 is 2.24 bits per heavy atom. The van der Waals surface area contributed by atoms with E-state index in [-0.39, 0.29) is 23.4 Å². The lowest BCUT2D eigenvalue weighted by molar-refractivity contribution is -0.123. The third-order valence-electron chi connectivity index (χ3n) is 4.22. The van der Waals surface area contributed by atoms with Crippen molar-refractivity contribution in [3.8, 4) is 0 Å². The van der Waals surface area contributed by atoms with E-state index in [4.69, 9.17) is 0 Å². The van der Waals surface area contributed by atoms with Crippen LogP contribution >= 0.6 is 0 Å². The number of nitrogens with zero attached hydrogens (tertiary/aromatic N) is 1. The molecule has 0 heterocycles. The predicted molar refractivity (Wildman–Crippen MR) is 95.1 cm³/mol. The van der Waals surface area contributed by atoms with Crippen LogP contribution in [0.2, 0.25) is 0 Å². The zero-order valence-corrected chi connectivity index (χ0v) is 15.9. The van der Waals surface area contributed by atoms with Gasteiger partial charge in [0.05, 0.1) is 11.4 Å². The molecule has 1 aromatic rings. The molecule has 1 saturated carbocycles. The number of carbonyl (C=O) groups is 1. The second-order valence-electron chi connectivity index (χ2n) is 7.59. The van der Waals surface area contributed by atoms with Crippen molar-refractivity contribution in [2.45, 2.75) is 69.4 Å². The van der Waals surface area contributed by atoms with E-state index in [1.54, 1.807) is 0 Å². The third kappa shape index (κ3) is 5.51. The summed E-state index contributed by atoms with van der Waals surface area (Å²) in [5.41, 5.74) is -0.436. The highest BCUT2D eigenvalue weighted by atomic mass is 32.2. The van der Waals surface area contributed by atoms with Crippen molar-refractivity contribution in [1.29, 1.82) is 0 Å². The first-order valence-electron chi connectivity index (χ1n) is 8.68. The first-order chi connectivity index (χ1) is 11.6. The van der Waals surface area contributed by atoms with Gasteiger partial charge in [0.25, 0.3) is 0 Å². The number of nitrogens with one attached hydrogen (secondary N) is 1. The Bertz CT molecular complexity index is 690. The van der Waals surface area contributed by atoms with Gasteiger partial charge in [0.2, 0.25) is 15.9 Å². The van der Waals surface area contributed by atoms with Crippen LogP contribution < -0.4 is 5.32 Å². The summed E-state index contributed by atoms with van der Waals surface area (Å²) < 4.78 is 40.6. The van der Waals surface area contributed by atoms with E-state index in [0.717, 1.165) is 44.2 Å². The summed E-state index contributed by atoms with van der Waals surface area (Å²) in [5.74, 6) is -0.822. The minimum atomic E-state index is -3.86. The fraction of sp³-hybridized carbons (Fsp3) is 0.611. The molecule has 0 bridgehead atoms. The number of sulfonamides is 1. The number of hydrogen-bond acceptors (Lipinski definition) is 3. The second kappa shape index (κ2) is 7.83. The van der Waals surface area contributed by atoms with Crippen LogP contribution in [0.1, 0.15) is 52.9 Å². The molecule has 0 atom stereocenters. The molecule has 0 radical (unpaired) electrons. The van der Waals surface area contributed by atoms with Gasteiger partial charge in [-0.1, -0.05) is 19.3 Å². The smallest absolute Gasteiger partial charge is 0.243 e. The maximum atomic E-state index is 13.2. The minimum absolute atomic E-state index is 0.0167. The van der Waals surface area contributed by atoms with Gasteiger partial charge in [0.1, 0.15) is 5.82 Å². The Hall–Kier alpha value is -1.47. The van der Waals surface area contributed by atoms with E-state index in [1.165, 1.54) is 16.4 Å². The molecule has 2 rings (SSSR count). The van der Waals surface area contributed by atoms with Gasteiger partial charge < -0.3 is 5.32 Å². The van der Waals surface area contributed by atoms with Gasteiger partial charge in [0.15, 0.2) is 0 Å². The zero-order valence-electron chi connectivity index (χ0n) is 15.1. The lowest BCUT2D eigenvalue weighted by Crippen LogP contribution is -2.50. The molecule has 0 unspecified atom stereocenters. The molecule has 0 spiro atoms. The van der Waals surface area contributed by atoms with Crippen LogP contribution in [0.4, 0.5) is 4.39 Å². The average Bonchev–Trinajstić information content (AvgIpc) is 2.52. The molecule has 5 nitrogen and oxygen atoms in total. The molecule has 1 aromatic carbocycles. The first kappa shape index (κ1) is 19.8. The summed E-state index contributed by atoms with van der Waals surface area (Å²) in [7, 11) is -3.86. The average molecular weight is 370 g/mol. The molecular formula is C18H27FN2O3S. The number of rotatable bonds is 5. The van der Waals surface area contributed by atoms with Gasteiger partial charge in [0, 0.05) is 11.6 Å². The van der Waals surface area contributed by atoms with Crippen molar-refractivity contribution in [3.63, 3.8) is 0 Å². The van der Waals surface area contributed by atoms with Crippen molar-refractivity contribution >= 4 is 15.9 Å². The number of benzene rings is 1. The number of carbonyl (C=O) groups excluding carboxylic acids is 1. The monoisotopic (exact) mass is 370 g/mol. The normalized spacial score (nSPS) is 16.8. The Kier molecular flexibility index (Phi) is 6.21. The number of halogens is 1. The van der Waals surface area contributed by atoms with Crippen molar-refractivity contribution in [3.05, 3.63) is 30.1 Å². The third-order valence-corrected chi connectivity index (χ3v) is 6.13. The maximum absolute atomic E-state index is 13.2. The van der Waals surface area contributed by atoms with Gasteiger partial charge in [-0.25, -0.2) is 12.8 Å². The Balaban J connectivity index is 2.29. The molecule has 140 valence electrons. The Labute approximate surface area is 149 Å². The van der Waals surface area contributed by atoms with Crippen LogP contribution in [-0.2, 0) is 14.8 Å². The fourth-order valence-electron chi connectivity index (χ4n) is 3.12. The van der Waals surface area contributed by atoms with Crippen molar-refractivity contribution < 1.29 is 17.6 Å². The predicted octanol–water partition coefficient (Wildman–Crippen LogP) is 3.06. The minimum Gasteiger partial charge on any atom is -0.350 e. The van der Waals surface area contributed by atoms with Crippen LogP contribution in [0.3, 0.4) is 0 Å². The highest BCUT2D eigenvalue weighted by Gasteiger charge is 2.34. The standard InChI is InChI=1S/C18H27FN2O3S/c1-18(2,3)20-17(22)13-21(15-7-5-4-6-8-15)25(23,24)16-11-9-14(19)10-12-16/h9-12,15H,4-8,13H2,1-3H3,(H,20,22). The number of amides is 1. The summed E-state index contributed by atoms with van der Waals surface area (Å²) >= 11 is 0. The zero-order chi connectivity index (χ0) is 18.7. The van der Waals surface area contributed by atoms with E-state index in [1.807, 2.05) is 20.8 Å². The van der Waals surface area contributed by atoms with Crippen molar-refractivity contribution in [2.24, 2.45) is 0 Å². The van der Waals surface area contributed by atoms with Gasteiger partial charge >= 0.3 is 0 Å². The fourth-order valence-corrected chi connectivity index (χ4v) is 4.76. The van der Waals surface area contributed by atoms with E-state index < -0.39 is 21.4 Å². The van der Waals surface area contributed by atoms with Crippen LogP contribution in [0, 0.1) is 5.82 Å². The summed E-state index contributed by atoms with van der Waals surface area (Å²) in [6.45, 7) is 5.33. The van der Waals surface area contributed by atoms with E-state index in [9.17, 15) is 17.6 Å². The topological polar surface area (TPSA) is 66.5 Å². The first-order valence-corrected chi connectivity index (χ1v) is 10.1. The molecular weight excluding hydrogens is 343 g/mol. The molecule has 7 heteroatoms. The van der Waals surface area contributed by atoms with Gasteiger partial charge in [-0.2, -0.15) is 4.31 Å². The Morgan fingerprint density at radius 2 is 1.72 bits per heavy atom. The largest absolute Gasteiger partial charge is 0.350 e. The highest BCUT2D eigenvalue weighted by Crippen LogP contribution is 2.27. The molecule has 25 heavy (non-hydrogen) atoms. The molecule has 1 aliphatic carbocycles. The molecule has 0 saturated heterocycles. The molecule has 0 aliphatic heterocycles. The quantitative estimate of drug-likeness (QED) is 0.866. The lowest BCUT2D eigenvalue weighted by atomic mass is 9.95. The van der Waals surface area contributed by atoms with Crippen LogP contribution in [-0.4, -0.2) is 36.8 Å². The molecule has 1 N–H and O–H groups in total. The maximum Gasteiger partial charge on any atom is 0.243 e. The second-order valence-corrected chi connectivity index (χ2v) is 9.48. The molecule has 1 fully saturated rings. The summed E-state index contributed by atoms with van der Waals surface area (Å²) in [6, 6.07) is 4.56. The summed E-state index contributed by atoms with van der Waals surface area (Å²) in [4.78, 5) is 12.4. The van der Waals surface area contributed by atoms with Gasteiger partial charge in [-0.05, 0) is 57.9 Å². The summed E-state index contributed by atoms with van der Waals surface area (Å²) in [6.07, 6.45) is 4.45. The molecule has 0 aromatic heterocycles. The SMILES string of the molecule is CC(C)(C)NC(=O)CN(C1CCCCC1)S(=O)(=O)c1ccc(F)cc1. The highest BCUT2D eigenvalue weighted by molar-refractivity contribution is 7.89. The van der Waals surface area contributed by atoms with Gasteiger partial charge in [-0.3, -0.25) is 4.79 Å². The Morgan fingerprint density at radius 1 is 1.16 bits per heavy atom. The van der Waals surface area contributed by atoms with Gasteiger partial charge in [-0.15, -0.1) is 0 Å². The molecule has 1 aliphatic rings. The van der Waals surface area contributed by atoms with E-state index in [2.05, 4.69) is 5.32 Å². The number of hydrogen-bond donors (Lipinski definition) is 1. The van der Waals surface area contributed by atoms with Crippen molar-refractivity contribution in [1.82, 2.24) is 9.62 Å². The van der Waals surface area contributed by atoms with E-state index >= 15 is 0 Å². The molecule has 1 amide bonds. The van der Waals surface area contributed by atoms with Crippen molar-refractivity contribution in [2.75, 3.05) is 6.54 Å². The van der Waals surface area contributed by atoms with Crippen LogP contribution in [0.25, 0.3) is 0 Å². The van der Waals surface area contributed by atoms with Crippen LogP contribution in [0.5, 0.6) is 0 Å². The summed E-state index contributed by atoms with van der Waals surface area (Å²) in [5, 5.41) is 2.82. The lowest BCUT2D eigenvalue weighted by Gasteiger charge is -2.33. The van der Waals surface area contributed by atoms with Crippen LogP contribution in [0.15, 0.2) is 29.2 Å². The van der Waals surface area contributed by atoms with E-state index in [0.29, 0.717) is 0 Å².